The van der Waals surface area contributed by atoms with Gasteiger partial charge in [-0.05, 0) is 30.2 Å². The number of hydrogen-bond donors (Lipinski definition) is 2. The fourth-order valence-electron chi connectivity index (χ4n) is 2.39. The Morgan fingerprint density at radius 2 is 1.90 bits per heavy atom. The molecule has 0 spiro atoms. The predicted octanol–water partition coefficient (Wildman–Crippen LogP) is 3.36. The number of fused-ring (bicyclic) bond motifs is 1. The third kappa shape index (κ3) is 2.51. The molecule has 1 aliphatic rings. The Morgan fingerprint density at radius 3 is 2.75 bits per heavy atom. The quantitative estimate of drug-likeness (QED) is 0.889. The van der Waals surface area contributed by atoms with E-state index in [0.717, 1.165) is 17.7 Å². The molecule has 1 heterocycles. The van der Waals surface area contributed by atoms with Crippen LogP contribution in [0.2, 0.25) is 0 Å². The van der Waals surface area contributed by atoms with Crippen molar-refractivity contribution in [3.63, 3.8) is 0 Å². The zero-order valence-corrected chi connectivity index (χ0v) is 11.7. The van der Waals surface area contributed by atoms with Crippen molar-refractivity contribution in [2.45, 2.75) is 17.4 Å². The Hall–Kier alpha value is -1.94. The van der Waals surface area contributed by atoms with Gasteiger partial charge >= 0.3 is 0 Å². The summed E-state index contributed by atoms with van der Waals surface area (Å²) in [6.07, 6.45) is 0.904. The van der Waals surface area contributed by atoms with Gasteiger partial charge < -0.3 is 10.4 Å². The van der Waals surface area contributed by atoms with E-state index in [-0.39, 0.29) is 17.7 Å². The normalized spacial score (nSPS) is 17.3. The Labute approximate surface area is 122 Å². The molecule has 0 bridgehead atoms. The number of nitrogens with one attached hydrogen (secondary N) is 1. The summed E-state index contributed by atoms with van der Waals surface area (Å²) in [4.78, 5) is 13.5. The molecule has 3 nitrogen and oxygen atoms in total. The molecule has 20 heavy (non-hydrogen) atoms. The summed E-state index contributed by atoms with van der Waals surface area (Å²) in [6.45, 7) is 0. The molecule has 0 aliphatic carbocycles. The SMILES string of the molecule is O=C(NC1CCSc2ccccc21)c1ccccc1O. The lowest BCUT2D eigenvalue weighted by Gasteiger charge is -2.26. The van der Waals surface area contributed by atoms with Gasteiger partial charge in [-0.1, -0.05) is 30.3 Å². The van der Waals surface area contributed by atoms with Crippen molar-refractivity contribution in [3.8, 4) is 5.75 Å². The van der Waals surface area contributed by atoms with Crippen LogP contribution in [-0.4, -0.2) is 16.8 Å². The maximum absolute atomic E-state index is 12.3. The molecule has 0 aromatic heterocycles. The van der Waals surface area contributed by atoms with E-state index < -0.39 is 0 Å². The number of amides is 1. The molecule has 0 saturated heterocycles. The molecule has 3 rings (SSSR count). The monoisotopic (exact) mass is 285 g/mol. The molecule has 1 unspecified atom stereocenters. The largest absolute Gasteiger partial charge is 0.507 e. The van der Waals surface area contributed by atoms with Crippen LogP contribution in [0.25, 0.3) is 0 Å². The van der Waals surface area contributed by atoms with Gasteiger partial charge in [-0.15, -0.1) is 11.8 Å². The standard InChI is InChI=1S/C16H15NO2S/c18-14-7-3-1-6-12(14)16(19)17-13-9-10-20-15-8-4-2-5-11(13)15/h1-8,13,18H,9-10H2,(H,17,19). The van der Waals surface area contributed by atoms with E-state index in [0.29, 0.717) is 5.56 Å². The van der Waals surface area contributed by atoms with Gasteiger partial charge in [-0.25, -0.2) is 0 Å². The number of benzene rings is 2. The first-order chi connectivity index (χ1) is 9.75. The molecule has 1 aliphatic heterocycles. The van der Waals surface area contributed by atoms with Crippen molar-refractivity contribution in [2.75, 3.05) is 5.75 Å². The van der Waals surface area contributed by atoms with Crippen LogP contribution in [-0.2, 0) is 0 Å². The molecule has 0 saturated carbocycles. The average Bonchev–Trinajstić information content (AvgIpc) is 2.48. The van der Waals surface area contributed by atoms with Gasteiger partial charge in [0.1, 0.15) is 5.75 Å². The predicted molar refractivity (Wildman–Crippen MR) is 80.1 cm³/mol. The van der Waals surface area contributed by atoms with E-state index in [1.54, 1.807) is 18.2 Å². The van der Waals surface area contributed by atoms with E-state index in [1.807, 2.05) is 23.9 Å². The van der Waals surface area contributed by atoms with Gasteiger partial charge in [-0.3, -0.25) is 4.79 Å². The summed E-state index contributed by atoms with van der Waals surface area (Å²) in [6, 6.07) is 14.8. The lowest BCUT2D eigenvalue weighted by molar-refractivity contribution is 0.0932. The number of rotatable bonds is 2. The molecule has 2 N–H and O–H groups in total. The molecular weight excluding hydrogens is 270 g/mol. The highest BCUT2D eigenvalue weighted by Gasteiger charge is 2.23. The van der Waals surface area contributed by atoms with Crippen LogP contribution >= 0.6 is 11.8 Å². The van der Waals surface area contributed by atoms with Crippen molar-refractivity contribution in [2.24, 2.45) is 0 Å². The van der Waals surface area contributed by atoms with Gasteiger partial charge in [0.25, 0.3) is 5.91 Å². The number of thioether (sulfide) groups is 1. The molecule has 0 radical (unpaired) electrons. The molecule has 4 heteroatoms. The summed E-state index contributed by atoms with van der Waals surface area (Å²) in [7, 11) is 0. The van der Waals surface area contributed by atoms with Crippen LogP contribution in [0.1, 0.15) is 28.4 Å². The highest BCUT2D eigenvalue weighted by Crippen LogP contribution is 2.36. The Bertz CT molecular complexity index is 642. The third-order valence-electron chi connectivity index (χ3n) is 3.41. The fraction of sp³-hybridized carbons (Fsp3) is 0.188. The highest BCUT2D eigenvalue weighted by molar-refractivity contribution is 7.99. The van der Waals surface area contributed by atoms with Gasteiger partial charge in [0.2, 0.25) is 0 Å². The van der Waals surface area contributed by atoms with Crippen LogP contribution < -0.4 is 5.32 Å². The Kier molecular flexibility index (Phi) is 3.65. The number of carbonyl (C=O) groups is 1. The molecule has 2 aromatic rings. The van der Waals surface area contributed by atoms with Crippen molar-refractivity contribution >= 4 is 17.7 Å². The second-order valence-electron chi connectivity index (χ2n) is 4.72. The van der Waals surface area contributed by atoms with Crippen molar-refractivity contribution in [1.82, 2.24) is 5.32 Å². The van der Waals surface area contributed by atoms with Gasteiger partial charge in [0.05, 0.1) is 11.6 Å². The maximum Gasteiger partial charge on any atom is 0.255 e. The van der Waals surface area contributed by atoms with E-state index >= 15 is 0 Å². The van der Waals surface area contributed by atoms with Gasteiger partial charge in [0, 0.05) is 10.6 Å². The lowest BCUT2D eigenvalue weighted by atomic mass is 10.0. The van der Waals surface area contributed by atoms with E-state index in [2.05, 4.69) is 17.4 Å². The number of aromatic hydroxyl groups is 1. The van der Waals surface area contributed by atoms with Crippen LogP contribution in [0, 0.1) is 0 Å². The summed E-state index contributed by atoms with van der Waals surface area (Å²) in [5, 5.41) is 12.8. The number of phenols is 1. The maximum atomic E-state index is 12.3. The first kappa shape index (κ1) is 13.1. The minimum Gasteiger partial charge on any atom is -0.507 e. The van der Waals surface area contributed by atoms with Gasteiger partial charge in [0.15, 0.2) is 0 Å². The topological polar surface area (TPSA) is 49.3 Å². The summed E-state index contributed by atoms with van der Waals surface area (Å²) < 4.78 is 0. The van der Waals surface area contributed by atoms with Crippen molar-refractivity contribution in [3.05, 3.63) is 59.7 Å². The van der Waals surface area contributed by atoms with Crippen LogP contribution in [0.3, 0.4) is 0 Å². The minimum absolute atomic E-state index is 0.0135. The van der Waals surface area contributed by atoms with E-state index in [1.165, 1.54) is 11.0 Å². The Balaban J connectivity index is 1.83. The molecular formula is C16H15NO2S. The highest BCUT2D eigenvalue weighted by atomic mass is 32.2. The zero-order chi connectivity index (χ0) is 13.9. The molecule has 1 atom stereocenters. The first-order valence-corrected chi connectivity index (χ1v) is 7.55. The van der Waals surface area contributed by atoms with E-state index in [4.69, 9.17) is 0 Å². The summed E-state index contributed by atoms with van der Waals surface area (Å²) >= 11 is 1.82. The zero-order valence-electron chi connectivity index (χ0n) is 10.9. The van der Waals surface area contributed by atoms with Crippen molar-refractivity contribution < 1.29 is 9.90 Å². The molecule has 2 aromatic carbocycles. The second kappa shape index (κ2) is 5.59. The van der Waals surface area contributed by atoms with Gasteiger partial charge in [-0.2, -0.15) is 0 Å². The fourth-order valence-corrected chi connectivity index (χ4v) is 3.52. The number of hydrogen-bond acceptors (Lipinski definition) is 3. The molecule has 102 valence electrons. The third-order valence-corrected chi connectivity index (χ3v) is 4.54. The number of phenolic OH excluding ortho intramolecular Hbond substituents is 1. The number of para-hydroxylation sites is 1. The average molecular weight is 285 g/mol. The van der Waals surface area contributed by atoms with Crippen LogP contribution in [0.15, 0.2) is 53.4 Å². The van der Waals surface area contributed by atoms with Crippen LogP contribution in [0.4, 0.5) is 0 Å². The first-order valence-electron chi connectivity index (χ1n) is 6.56. The molecule has 0 fully saturated rings. The number of carbonyl (C=O) groups excluding carboxylic acids is 1. The smallest absolute Gasteiger partial charge is 0.255 e. The summed E-state index contributed by atoms with van der Waals surface area (Å²) in [5.41, 5.74) is 1.48. The van der Waals surface area contributed by atoms with E-state index in [9.17, 15) is 9.90 Å². The minimum atomic E-state index is -0.227. The van der Waals surface area contributed by atoms with Crippen molar-refractivity contribution in [1.29, 1.82) is 0 Å². The summed E-state index contributed by atoms with van der Waals surface area (Å²) in [5.74, 6) is 0.779. The lowest BCUT2D eigenvalue weighted by Crippen LogP contribution is -2.30. The van der Waals surface area contributed by atoms with Crippen LogP contribution in [0.5, 0.6) is 5.75 Å². The Morgan fingerprint density at radius 1 is 1.15 bits per heavy atom. The molecule has 1 amide bonds. The second-order valence-corrected chi connectivity index (χ2v) is 5.85.